The molecule has 0 radical (unpaired) electrons. The van der Waals surface area contributed by atoms with Gasteiger partial charge in [0, 0.05) is 29.1 Å². The fraction of sp³-hybridized carbons (Fsp3) is 0.167. The van der Waals surface area contributed by atoms with E-state index in [2.05, 4.69) is 15.5 Å². The zero-order valence-electron chi connectivity index (χ0n) is 13.5. The normalized spacial score (nSPS) is 10.5. The number of aromatic nitrogens is 2. The highest BCUT2D eigenvalue weighted by Crippen LogP contribution is 2.21. The Hall–Kier alpha value is -2.86. The second kappa shape index (κ2) is 7.81. The summed E-state index contributed by atoms with van der Waals surface area (Å²) in [5, 5.41) is 11.3. The highest BCUT2D eigenvalue weighted by Gasteiger charge is 2.10. The third kappa shape index (κ3) is 4.36. The van der Waals surface area contributed by atoms with Gasteiger partial charge in [-0.2, -0.15) is 0 Å². The number of benzene rings is 2. The Morgan fingerprint density at radius 2 is 2.00 bits per heavy atom. The van der Waals surface area contributed by atoms with E-state index in [1.165, 1.54) is 0 Å². The van der Waals surface area contributed by atoms with E-state index in [1.54, 1.807) is 31.4 Å². The molecule has 2 aromatic carbocycles. The number of ether oxygens (including phenoxy) is 1. The minimum absolute atomic E-state index is 0.197. The molecular weight excluding hydrogens is 342 g/mol. The van der Waals surface area contributed by atoms with Crippen LogP contribution in [0.4, 0.5) is 0 Å². The van der Waals surface area contributed by atoms with Crippen molar-refractivity contribution >= 4 is 17.5 Å². The molecule has 0 unspecified atom stereocenters. The number of carbonyl (C=O) groups is 1. The third-order valence-corrected chi connectivity index (χ3v) is 3.75. The maximum atomic E-state index is 12.0. The van der Waals surface area contributed by atoms with E-state index >= 15 is 0 Å². The van der Waals surface area contributed by atoms with Gasteiger partial charge < -0.3 is 14.5 Å². The summed E-state index contributed by atoms with van der Waals surface area (Å²) in [5.41, 5.74) is 1.32. The number of hydrogen-bond acceptors (Lipinski definition) is 5. The first-order chi connectivity index (χ1) is 12.2. The van der Waals surface area contributed by atoms with Gasteiger partial charge in [0.2, 0.25) is 11.8 Å². The Morgan fingerprint density at radius 3 is 2.72 bits per heavy atom. The quantitative estimate of drug-likeness (QED) is 0.731. The summed E-state index contributed by atoms with van der Waals surface area (Å²) in [6.45, 7) is 0.385. The molecule has 128 valence electrons. The van der Waals surface area contributed by atoms with E-state index in [-0.39, 0.29) is 5.91 Å². The molecule has 1 heterocycles. The molecule has 0 aliphatic carbocycles. The average molecular weight is 358 g/mol. The van der Waals surface area contributed by atoms with E-state index in [9.17, 15) is 4.79 Å². The topological polar surface area (TPSA) is 77.3 Å². The van der Waals surface area contributed by atoms with E-state index in [0.717, 1.165) is 11.3 Å². The van der Waals surface area contributed by atoms with Crippen molar-refractivity contribution in [1.82, 2.24) is 15.5 Å². The molecule has 0 spiro atoms. The molecule has 0 saturated carbocycles. The van der Waals surface area contributed by atoms with Crippen molar-refractivity contribution in [2.75, 3.05) is 13.7 Å². The summed E-state index contributed by atoms with van der Waals surface area (Å²) in [5.74, 6) is 1.45. The van der Waals surface area contributed by atoms with Crippen LogP contribution in [0.1, 0.15) is 16.2 Å². The monoisotopic (exact) mass is 357 g/mol. The van der Waals surface area contributed by atoms with Crippen LogP contribution in [-0.2, 0) is 6.42 Å². The van der Waals surface area contributed by atoms with Crippen LogP contribution in [-0.4, -0.2) is 29.8 Å². The molecule has 3 rings (SSSR count). The average Bonchev–Trinajstić information content (AvgIpc) is 3.10. The standard InChI is InChI=1S/C18H16ClN3O3/c1-24-15-7-5-12(6-8-15)18-22-21-16(25-18)9-10-20-17(23)13-3-2-4-14(19)11-13/h2-8,11H,9-10H2,1H3,(H,20,23). The maximum absolute atomic E-state index is 12.0. The Balaban J connectivity index is 1.55. The van der Waals surface area contributed by atoms with Crippen molar-refractivity contribution in [3.8, 4) is 17.2 Å². The lowest BCUT2D eigenvalue weighted by Crippen LogP contribution is -2.25. The smallest absolute Gasteiger partial charge is 0.251 e. The van der Waals surface area contributed by atoms with Gasteiger partial charge in [0.15, 0.2) is 0 Å². The molecule has 6 nitrogen and oxygen atoms in total. The van der Waals surface area contributed by atoms with Gasteiger partial charge in [-0.3, -0.25) is 4.79 Å². The van der Waals surface area contributed by atoms with Crippen LogP contribution in [0.2, 0.25) is 5.02 Å². The molecule has 0 atom stereocenters. The predicted octanol–water partition coefficient (Wildman–Crippen LogP) is 3.37. The van der Waals surface area contributed by atoms with Gasteiger partial charge in [-0.05, 0) is 42.5 Å². The number of methoxy groups -OCH3 is 1. The lowest BCUT2D eigenvalue weighted by Gasteiger charge is -2.03. The maximum Gasteiger partial charge on any atom is 0.251 e. The van der Waals surface area contributed by atoms with Gasteiger partial charge >= 0.3 is 0 Å². The number of carbonyl (C=O) groups excluding carboxylic acids is 1. The van der Waals surface area contributed by atoms with Crippen molar-refractivity contribution in [2.24, 2.45) is 0 Å². The highest BCUT2D eigenvalue weighted by atomic mass is 35.5. The van der Waals surface area contributed by atoms with Gasteiger partial charge in [-0.1, -0.05) is 17.7 Å². The van der Waals surface area contributed by atoms with Gasteiger partial charge in [0.05, 0.1) is 7.11 Å². The van der Waals surface area contributed by atoms with Crippen molar-refractivity contribution < 1.29 is 13.9 Å². The van der Waals surface area contributed by atoms with E-state index in [0.29, 0.717) is 35.3 Å². The van der Waals surface area contributed by atoms with Gasteiger partial charge in [0.1, 0.15) is 5.75 Å². The zero-order chi connectivity index (χ0) is 17.6. The molecule has 0 fully saturated rings. The van der Waals surface area contributed by atoms with Crippen molar-refractivity contribution in [1.29, 1.82) is 0 Å². The Kier molecular flexibility index (Phi) is 5.30. The van der Waals surface area contributed by atoms with Crippen LogP contribution in [0.15, 0.2) is 52.9 Å². The molecule has 3 aromatic rings. The molecule has 0 aliphatic heterocycles. The van der Waals surface area contributed by atoms with Gasteiger partial charge in [0.25, 0.3) is 5.91 Å². The van der Waals surface area contributed by atoms with E-state index in [1.807, 2.05) is 24.3 Å². The molecule has 7 heteroatoms. The van der Waals surface area contributed by atoms with E-state index < -0.39 is 0 Å². The number of nitrogens with one attached hydrogen (secondary N) is 1. The van der Waals surface area contributed by atoms with Crippen LogP contribution in [0.3, 0.4) is 0 Å². The molecule has 0 bridgehead atoms. The summed E-state index contributed by atoms with van der Waals surface area (Å²) >= 11 is 5.88. The third-order valence-electron chi connectivity index (χ3n) is 3.52. The van der Waals surface area contributed by atoms with Crippen LogP contribution in [0.5, 0.6) is 5.75 Å². The molecule has 25 heavy (non-hydrogen) atoms. The molecule has 0 aliphatic rings. The zero-order valence-corrected chi connectivity index (χ0v) is 14.3. The summed E-state index contributed by atoms with van der Waals surface area (Å²) in [7, 11) is 1.61. The fourth-order valence-electron chi connectivity index (χ4n) is 2.22. The number of nitrogens with zero attached hydrogens (tertiary/aromatic N) is 2. The number of hydrogen-bond donors (Lipinski definition) is 1. The second-order valence-corrected chi connectivity index (χ2v) is 5.68. The van der Waals surface area contributed by atoms with Crippen LogP contribution in [0, 0.1) is 0 Å². The van der Waals surface area contributed by atoms with Gasteiger partial charge in [-0.15, -0.1) is 10.2 Å². The predicted molar refractivity (Wildman–Crippen MR) is 93.8 cm³/mol. The second-order valence-electron chi connectivity index (χ2n) is 5.25. The fourth-order valence-corrected chi connectivity index (χ4v) is 2.41. The molecular formula is C18H16ClN3O3. The van der Waals surface area contributed by atoms with Crippen LogP contribution >= 0.6 is 11.6 Å². The van der Waals surface area contributed by atoms with Gasteiger partial charge in [-0.25, -0.2) is 0 Å². The SMILES string of the molecule is COc1ccc(-c2nnc(CCNC(=O)c3cccc(Cl)c3)o2)cc1. The van der Waals surface area contributed by atoms with Crippen LogP contribution in [0.25, 0.3) is 11.5 Å². The highest BCUT2D eigenvalue weighted by molar-refractivity contribution is 6.30. The minimum Gasteiger partial charge on any atom is -0.497 e. The summed E-state index contributed by atoms with van der Waals surface area (Å²) < 4.78 is 10.7. The first-order valence-electron chi connectivity index (χ1n) is 7.66. The minimum atomic E-state index is -0.197. The Bertz CT molecular complexity index is 862. The molecule has 1 aromatic heterocycles. The number of rotatable bonds is 6. The summed E-state index contributed by atoms with van der Waals surface area (Å²) in [6.07, 6.45) is 0.440. The van der Waals surface area contributed by atoms with E-state index in [4.69, 9.17) is 20.8 Å². The first-order valence-corrected chi connectivity index (χ1v) is 8.04. The Labute approximate surface area is 149 Å². The Morgan fingerprint density at radius 1 is 1.20 bits per heavy atom. The number of halogens is 1. The molecule has 0 saturated heterocycles. The first kappa shape index (κ1) is 17.0. The van der Waals surface area contributed by atoms with Crippen molar-refractivity contribution in [2.45, 2.75) is 6.42 Å². The lowest BCUT2D eigenvalue weighted by atomic mass is 10.2. The van der Waals surface area contributed by atoms with Crippen molar-refractivity contribution in [3.05, 3.63) is 65.0 Å². The van der Waals surface area contributed by atoms with Crippen LogP contribution < -0.4 is 10.1 Å². The number of amides is 1. The summed E-state index contributed by atoms with van der Waals surface area (Å²) in [4.78, 5) is 12.0. The lowest BCUT2D eigenvalue weighted by molar-refractivity contribution is 0.0953. The molecule has 1 amide bonds. The van der Waals surface area contributed by atoms with Crippen molar-refractivity contribution in [3.63, 3.8) is 0 Å². The molecule has 1 N–H and O–H groups in total. The largest absolute Gasteiger partial charge is 0.497 e. The summed E-state index contributed by atoms with van der Waals surface area (Å²) in [6, 6.07) is 14.1.